The molecule has 0 amide bonds. The third-order valence-electron chi connectivity index (χ3n) is 4.22. The molecule has 3 atom stereocenters. The van der Waals surface area contributed by atoms with Gasteiger partial charge in [-0.05, 0) is 50.1 Å². The molecule has 0 aliphatic heterocycles. The number of rotatable bonds is 4. The molecule has 17 heavy (non-hydrogen) atoms. The van der Waals surface area contributed by atoms with Gasteiger partial charge in [0.15, 0.2) is 0 Å². The minimum atomic E-state index is 0.723. The number of hydrogen-bond acceptors (Lipinski definition) is 1. The Labute approximate surface area is 106 Å². The van der Waals surface area contributed by atoms with Crippen molar-refractivity contribution in [2.45, 2.75) is 52.0 Å². The molecule has 0 bridgehead atoms. The minimum absolute atomic E-state index is 0.723. The van der Waals surface area contributed by atoms with Crippen LogP contribution in [0.4, 0.5) is 0 Å². The summed E-state index contributed by atoms with van der Waals surface area (Å²) in [6.07, 6.45) is 3.91. The molecule has 1 nitrogen and oxygen atoms in total. The van der Waals surface area contributed by atoms with Crippen LogP contribution in [0.5, 0.6) is 0 Å². The van der Waals surface area contributed by atoms with E-state index in [2.05, 4.69) is 50.4 Å². The molecule has 1 aromatic rings. The molecule has 1 heteroatoms. The summed E-state index contributed by atoms with van der Waals surface area (Å²) >= 11 is 0. The van der Waals surface area contributed by atoms with Gasteiger partial charge in [-0.1, -0.05) is 43.7 Å². The van der Waals surface area contributed by atoms with E-state index in [1.165, 1.54) is 30.4 Å². The number of nitrogens with one attached hydrogen (secondary N) is 1. The molecule has 0 spiro atoms. The highest BCUT2D eigenvalue weighted by Crippen LogP contribution is 2.39. The summed E-state index contributed by atoms with van der Waals surface area (Å²) in [4.78, 5) is 0. The molecule has 0 radical (unpaired) electrons. The number of hydrogen-bond donors (Lipinski definition) is 1. The van der Waals surface area contributed by atoms with Crippen molar-refractivity contribution in [1.82, 2.24) is 5.32 Å². The van der Waals surface area contributed by atoms with Gasteiger partial charge in [0.1, 0.15) is 0 Å². The molecule has 1 fully saturated rings. The minimum Gasteiger partial charge on any atom is -0.314 e. The molecule has 0 heterocycles. The first-order valence-corrected chi connectivity index (χ1v) is 7.02. The Hall–Kier alpha value is -0.820. The van der Waals surface area contributed by atoms with Gasteiger partial charge in [0, 0.05) is 6.04 Å². The fourth-order valence-corrected chi connectivity index (χ4v) is 3.07. The van der Waals surface area contributed by atoms with E-state index in [0.29, 0.717) is 0 Å². The average molecular weight is 231 g/mol. The lowest BCUT2D eigenvalue weighted by Gasteiger charge is -2.22. The lowest BCUT2D eigenvalue weighted by Crippen LogP contribution is -2.32. The molecule has 1 aliphatic carbocycles. The third kappa shape index (κ3) is 2.90. The van der Waals surface area contributed by atoms with E-state index in [-0.39, 0.29) is 0 Å². The van der Waals surface area contributed by atoms with Crippen LogP contribution in [-0.4, -0.2) is 12.6 Å². The van der Waals surface area contributed by atoms with Gasteiger partial charge in [-0.15, -0.1) is 0 Å². The molecule has 0 saturated heterocycles. The number of benzene rings is 1. The van der Waals surface area contributed by atoms with Gasteiger partial charge in [0.05, 0.1) is 0 Å². The molecular formula is C16H25N. The van der Waals surface area contributed by atoms with Crippen molar-refractivity contribution in [2.75, 3.05) is 6.54 Å². The van der Waals surface area contributed by atoms with Crippen molar-refractivity contribution in [3.63, 3.8) is 0 Å². The Bertz CT molecular complexity index is 341. The summed E-state index contributed by atoms with van der Waals surface area (Å²) in [5, 5.41) is 3.69. The Morgan fingerprint density at radius 2 is 1.88 bits per heavy atom. The fourth-order valence-electron chi connectivity index (χ4n) is 3.07. The van der Waals surface area contributed by atoms with Crippen molar-refractivity contribution in [3.8, 4) is 0 Å². The third-order valence-corrected chi connectivity index (χ3v) is 4.22. The van der Waals surface area contributed by atoms with Crippen LogP contribution in [0.25, 0.3) is 0 Å². The molecule has 1 aromatic carbocycles. The van der Waals surface area contributed by atoms with Crippen molar-refractivity contribution in [2.24, 2.45) is 5.92 Å². The molecule has 1 saturated carbocycles. The van der Waals surface area contributed by atoms with E-state index >= 15 is 0 Å². The topological polar surface area (TPSA) is 12.0 Å². The second-order valence-electron chi connectivity index (χ2n) is 5.51. The van der Waals surface area contributed by atoms with Gasteiger partial charge in [0.25, 0.3) is 0 Å². The molecule has 94 valence electrons. The predicted octanol–water partition coefficient (Wildman–Crippen LogP) is 3.88. The first-order chi connectivity index (χ1) is 8.22. The summed E-state index contributed by atoms with van der Waals surface area (Å²) < 4.78 is 0. The van der Waals surface area contributed by atoms with Gasteiger partial charge < -0.3 is 5.32 Å². The van der Waals surface area contributed by atoms with E-state index < -0.39 is 0 Å². The van der Waals surface area contributed by atoms with Gasteiger partial charge in [-0.2, -0.15) is 0 Å². The predicted molar refractivity (Wildman–Crippen MR) is 74.4 cm³/mol. The summed E-state index contributed by atoms with van der Waals surface area (Å²) in [6, 6.07) is 9.85. The molecule has 1 N–H and O–H groups in total. The average Bonchev–Trinajstić information content (AvgIpc) is 2.69. The normalized spacial score (nSPS) is 28.5. The summed E-state index contributed by atoms with van der Waals surface area (Å²) in [6.45, 7) is 7.97. The highest BCUT2D eigenvalue weighted by molar-refractivity contribution is 5.26. The molecule has 2 rings (SSSR count). The van der Waals surface area contributed by atoms with Crippen LogP contribution in [0.3, 0.4) is 0 Å². The van der Waals surface area contributed by atoms with E-state index in [0.717, 1.165) is 24.4 Å². The standard InChI is InChI=1S/C16H25N/c1-4-11-17-16-10-9-15(13(16)3)14-7-5-12(2)6-8-14/h5-8,13,15-17H,4,9-11H2,1-3H3. The highest BCUT2D eigenvalue weighted by Gasteiger charge is 2.32. The van der Waals surface area contributed by atoms with Crippen LogP contribution in [0.2, 0.25) is 0 Å². The van der Waals surface area contributed by atoms with Crippen LogP contribution >= 0.6 is 0 Å². The summed E-state index contributed by atoms with van der Waals surface area (Å²) in [7, 11) is 0. The van der Waals surface area contributed by atoms with Crippen LogP contribution in [0, 0.1) is 12.8 Å². The summed E-state index contributed by atoms with van der Waals surface area (Å²) in [5.74, 6) is 1.52. The maximum atomic E-state index is 3.69. The lowest BCUT2D eigenvalue weighted by molar-refractivity contribution is 0.405. The van der Waals surface area contributed by atoms with Gasteiger partial charge in [-0.3, -0.25) is 0 Å². The molecule has 0 aromatic heterocycles. The first-order valence-electron chi connectivity index (χ1n) is 7.02. The highest BCUT2D eigenvalue weighted by atomic mass is 14.9. The lowest BCUT2D eigenvalue weighted by atomic mass is 9.88. The van der Waals surface area contributed by atoms with Crippen molar-refractivity contribution in [3.05, 3.63) is 35.4 Å². The fraction of sp³-hybridized carbons (Fsp3) is 0.625. The second-order valence-corrected chi connectivity index (χ2v) is 5.51. The molecular weight excluding hydrogens is 206 g/mol. The van der Waals surface area contributed by atoms with Crippen LogP contribution in [-0.2, 0) is 0 Å². The van der Waals surface area contributed by atoms with Crippen molar-refractivity contribution >= 4 is 0 Å². The molecule has 3 unspecified atom stereocenters. The maximum Gasteiger partial charge on any atom is 0.00987 e. The zero-order valence-corrected chi connectivity index (χ0v) is 11.4. The van der Waals surface area contributed by atoms with E-state index in [4.69, 9.17) is 0 Å². The smallest absolute Gasteiger partial charge is 0.00987 e. The van der Waals surface area contributed by atoms with Crippen LogP contribution in [0.15, 0.2) is 24.3 Å². The maximum absolute atomic E-state index is 3.69. The number of aryl methyl sites for hydroxylation is 1. The van der Waals surface area contributed by atoms with Gasteiger partial charge in [0.2, 0.25) is 0 Å². The second kappa shape index (κ2) is 5.68. The Morgan fingerprint density at radius 1 is 1.18 bits per heavy atom. The Balaban J connectivity index is 2.01. The van der Waals surface area contributed by atoms with Crippen molar-refractivity contribution in [1.29, 1.82) is 0 Å². The zero-order valence-electron chi connectivity index (χ0n) is 11.4. The zero-order chi connectivity index (χ0) is 12.3. The molecule has 1 aliphatic rings. The van der Waals surface area contributed by atoms with E-state index in [1.807, 2.05) is 0 Å². The van der Waals surface area contributed by atoms with Gasteiger partial charge >= 0.3 is 0 Å². The van der Waals surface area contributed by atoms with Gasteiger partial charge in [-0.25, -0.2) is 0 Å². The SMILES string of the molecule is CCCNC1CCC(c2ccc(C)cc2)C1C. The Morgan fingerprint density at radius 3 is 2.53 bits per heavy atom. The van der Waals surface area contributed by atoms with Crippen LogP contribution < -0.4 is 5.32 Å². The monoisotopic (exact) mass is 231 g/mol. The van der Waals surface area contributed by atoms with Crippen molar-refractivity contribution < 1.29 is 0 Å². The Kier molecular flexibility index (Phi) is 4.22. The first kappa shape index (κ1) is 12.6. The largest absolute Gasteiger partial charge is 0.314 e. The van der Waals surface area contributed by atoms with E-state index in [1.54, 1.807) is 0 Å². The van der Waals surface area contributed by atoms with Crippen LogP contribution in [0.1, 0.15) is 50.2 Å². The quantitative estimate of drug-likeness (QED) is 0.829. The summed E-state index contributed by atoms with van der Waals surface area (Å²) in [5.41, 5.74) is 2.89. The van der Waals surface area contributed by atoms with E-state index in [9.17, 15) is 0 Å².